The summed E-state index contributed by atoms with van der Waals surface area (Å²) in [6.45, 7) is 9.29. The Bertz CT molecular complexity index is 887. The van der Waals surface area contributed by atoms with Crippen LogP contribution < -0.4 is 10.6 Å². The minimum atomic E-state index is -0.635. The summed E-state index contributed by atoms with van der Waals surface area (Å²) in [7, 11) is 0. The van der Waals surface area contributed by atoms with Crippen molar-refractivity contribution in [1.29, 1.82) is 0 Å². The molecule has 0 aliphatic heterocycles. The largest absolute Gasteiger partial charge is 0.392 e. The van der Waals surface area contributed by atoms with Gasteiger partial charge in [-0.15, -0.1) is 0 Å². The van der Waals surface area contributed by atoms with E-state index in [9.17, 15) is 14.7 Å². The van der Waals surface area contributed by atoms with Crippen LogP contribution in [0.3, 0.4) is 0 Å². The fourth-order valence-electron chi connectivity index (χ4n) is 4.16. The van der Waals surface area contributed by atoms with Crippen molar-refractivity contribution in [3.8, 4) is 0 Å². The molecule has 3 N–H and O–H groups in total. The first-order chi connectivity index (χ1) is 13.7. The average molecular weight is 401 g/mol. The fourth-order valence-corrected chi connectivity index (χ4v) is 4.16. The number of hydrogen-bond acceptors (Lipinski definition) is 4. The van der Waals surface area contributed by atoms with Crippen LogP contribution in [0.2, 0.25) is 0 Å². The summed E-state index contributed by atoms with van der Waals surface area (Å²) < 4.78 is 1.64. The first kappa shape index (κ1) is 21.3. The SMILES string of the molecule is CC(O)CNC(=O)c1cn2c(C(=O)NCC3CCCC(C)(C)C3C)cccc2n1. The fraction of sp³-hybridized carbons (Fsp3) is 0.591. The van der Waals surface area contributed by atoms with Crippen LogP contribution in [-0.2, 0) is 0 Å². The van der Waals surface area contributed by atoms with Crippen LogP contribution >= 0.6 is 0 Å². The second kappa shape index (κ2) is 8.53. The summed E-state index contributed by atoms with van der Waals surface area (Å²) in [4.78, 5) is 29.4. The van der Waals surface area contributed by atoms with Crippen LogP contribution in [0.15, 0.2) is 24.4 Å². The van der Waals surface area contributed by atoms with Crippen LogP contribution in [0.5, 0.6) is 0 Å². The Morgan fingerprint density at radius 3 is 2.79 bits per heavy atom. The highest BCUT2D eigenvalue weighted by atomic mass is 16.3. The van der Waals surface area contributed by atoms with Gasteiger partial charge in [0, 0.05) is 19.3 Å². The van der Waals surface area contributed by atoms with E-state index < -0.39 is 6.10 Å². The number of fused-ring (bicyclic) bond motifs is 1. The molecule has 29 heavy (non-hydrogen) atoms. The van der Waals surface area contributed by atoms with Gasteiger partial charge in [0.25, 0.3) is 11.8 Å². The molecule has 0 bridgehead atoms. The van der Waals surface area contributed by atoms with E-state index in [0.29, 0.717) is 35.1 Å². The zero-order valence-corrected chi connectivity index (χ0v) is 17.7. The van der Waals surface area contributed by atoms with E-state index >= 15 is 0 Å². The minimum absolute atomic E-state index is 0.149. The van der Waals surface area contributed by atoms with Crippen LogP contribution in [0, 0.1) is 17.3 Å². The summed E-state index contributed by atoms with van der Waals surface area (Å²) in [6, 6.07) is 5.25. The third-order valence-corrected chi connectivity index (χ3v) is 6.38. The molecule has 1 aliphatic carbocycles. The zero-order chi connectivity index (χ0) is 21.2. The highest BCUT2D eigenvalue weighted by molar-refractivity contribution is 5.95. The lowest BCUT2D eigenvalue weighted by Gasteiger charge is -2.42. The summed E-state index contributed by atoms with van der Waals surface area (Å²) in [5.41, 5.74) is 1.50. The second-order valence-corrected chi connectivity index (χ2v) is 8.96. The van der Waals surface area contributed by atoms with Gasteiger partial charge in [-0.2, -0.15) is 0 Å². The van der Waals surface area contributed by atoms with Crippen LogP contribution in [0.25, 0.3) is 5.65 Å². The molecule has 1 aliphatic rings. The lowest BCUT2D eigenvalue weighted by molar-refractivity contribution is 0.0785. The van der Waals surface area contributed by atoms with Gasteiger partial charge in [0.15, 0.2) is 0 Å². The predicted octanol–water partition coefficient (Wildman–Crippen LogP) is 2.64. The predicted molar refractivity (Wildman–Crippen MR) is 112 cm³/mol. The van der Waals surface area contributed by atoms with Gasteiger partial charge in [0.1, 0.15) is 17.0 Å². The molecular formula is C22H32N4O3. The van der Waals surface area contributed by atoms with Gasteiger partial charge in [-0.3, -0.25) is 14.0 Å². The number of nitrogens with one attached hydrogen (secondary N) is 2. The Labute approximate surface area is 171 Å². The number of aromatic nitrogens is 2. The maximum atomic E-state index is 12.9. The Balaban J connectivity index is 1.72. The molecule has 1 saturated carbocycles. The number of hydrogen-bond donors (Lipinski definition) is 3. The van der Waals surface area contributed by atoms with Crippen molar-refractivity contribution >= 4 is 17.5 Å². The van der Waals surface area contributed by atoms with Gasteiger partial charge in [-0.25, -0.2) is 4.98 Å². The number of rotatable bonds is 6. The smallest absolute Gasteiger partial charge is 0.271 e. The number of imidazole rings is 1. The molecule has 0 saturated heterocycles. The van der Waals surface area contributed by atoms with Crippen molar-refractivity contribution in [2.75, 3.05) is 13.1 Å². The lowest BCUT2D eigenvalue weighted by Crippen LogP contribution is -2.40. The van der Waals surface area contributed by atoms with Crippen LogP contribution in [-0.4, -0.2) is 45.5 Å². The first-order valence-electron chi connectivity index (χ1n) is 10.4. The molecule has 2 amide bonds. The molecular weight excluding hydrogens is 368 g/mol. The highest BCUT2D eigenvalue weighted by Crippen LogP contribution is 2.43. The molecule has 7 heteroatoms. The van der Waals surface area contributed by atoms with E-state index in [4.69, 9.17) is 0 Å². The quantitative estimate of drug-likeness (QED) is 0.695. The van der Waals surface area contributed by atoms with Gasteiger partial charge in [0.05, 0.1) is 6.10 Å². The minimum Gasteiger partial charge on any atom is -0.392 e. The number of nitrogens with zero attached hydrogens (tertiary/aromatic N) is 2. The second-order valence-electron chi connectivity index (χ2n) is 8.96. The molecule has 3 rings (SSSR count). The third kappa shape index (κ3) is 4.78. The zero-order valence-electron chi connectivity index (χ0n) is 17.7. The number of amides is 2. The lowest BCUT2D eigenvalue weighted by atomic mass is 9.64. The van der Waals surface area contributed by atoms with Crippen molar-refractivity contribution in [3.63, 3.8) is 0 Å². The Hall–Kier alpha value is -2.41. The number of pyridine rings is 1. The maximum Gasteiger partial charge on any atom is 0.271 e. The Morgan fingerprint density at radius 1 is 1.31 bits per heavy atom. The molecule has 1 fully saturated rings. The molecule has 0 radical (unpaired) electrons. The molecule has 2 heterocycles. The van der Waals surface area contributed by atoms with Crippen LogP contribution in [0.1, 0.15) is 67.9 Å². The monoisotopic (exact) mass is 400 g/mol. The topological polar surface area (TPSA) is 95.7 Å². The number of carbonyl (C=O) groups is 2. The van der Waals surface area contributed by atoms with E-state index in [0.717, 1.165) is 6.42 Å². The van der Waals surface area contributed by atoms with Crippen molar-refractivity contribution < 1.29 is 14.7 Å². The summed E-state index contributed by atoms with van der Waals surface area (Å²) >= 11 is 0. The van der Waals surface area contributed by atoms with Gasteiger partial charge in [-0.1, -0.05) is 33.3 Å². The number of carbonyl (C=O) groups excluding carboxylic acids is 2. The van der Waals surface area contributed by atoms with Gasteiger partial charge < -0.3 is 15.7 Å². The Kier molecular flexibility index (Phi) is 6.27. The normalized spacial score (nSPS) is 22.2. The molecule has 7 nitrogen and oxygen atoms in total. The van der Waals surface area contributed by atoms with Crippen LogP contribution in [0.4, 0.5) is 0 Å². The third-order valence-electron chi connectivity index (χ3n) is 6.38. The van der Waals surface area contributed by atoms with E-state index in [2.05, 4.69) is 36.4 Å². The van der Waals surface area contributed by atoms with E-state index in [1.54, 1.807) is 35.7 Å². The molecule has 3 unspecified atom stereocenters. The van der Waals surface area contributed by atoms with Crippen molar-refractivity contribution in [3.05, 3.63) is 35.8 Å². The molecule has 158 valence electrons. The highest BCUT2D eigenvalue weighted by Gasteiger charge is 2.35. The van der Waals surface area contributed by atoms with E-state index in [1.807, 2.05) is 0 Å². The maximum absolute atomic E-state index is 12.9. The van der Waals surface area contributed by atoms with Gasteiger partial charge >= 0.3 is 0 Å². The molecule has 0 aromatic carbocycles. The van der Waals surface area contributed by atoms with Gasteiger partial charge in [0.2, 0.25) is 0 Å². The average Bonchev–Trinajstić information content (AvgIpc) is 3.11. The summed E-state index contributed by atoms with van der Waals surface area (Å²) in [6.07, 6.45) is 4.48. The molecule has 3 atom stereocenters. The van der Waals surface area contributed by atoms with Crippen molar-refractivity contribution in [2.24, 2.45) is 17.3 Å². The standard InChI is InChI=1S/C22H32N4O3/c1-14(27)11-23-20(28)17-13-26-18(8-5-9-19(26)25-17)21(29)24-12-16-7-6-10-22(3,4)15(16)2/h5,8-9,13-16,27H,6-7,10-12H2,1-4H3,(H,23,28)(H,24,29). The molecule has 0 spiro atoms. The van der Waals surface area contributed by atoms with Gasteiger partial charge in [-0.05, 0) is 49.1 Å². The molecule has 2 aromatic rings. The number of aliphatic hydroxyl groups is 1. The first-order valence-corrected chi connectivity index (χ1v) is 10.4. The molecule has 2 aromatic heterocycles. The van der Waals surface area contributed by atoms with Crippen molar-refractivity contribution in [1.82, 2.24) is 20.0 Å². The number of aliphatic hydroxyl groups excluding tert-OH is 1. The van der Waals surface area contributed by atoms with Crippen molar-refractivity contribution in [2.45, 2.75) is 53.1 Å². The summed E-state index contributed by atoms with van der Waals surface area (Å²) in [5, 5.41) is 15.0. The Morgan fingerprint density at radius 2 is 2.07 bits per heavy atom. The van der Waals surface area contributed by atoms with E-state index in [1.165, 1.54) is 12.8 Å². The van der Waals surface area contributed by atoms with E-state index in [-0.39, 0.29) is 24.1 Å². The summed E-state index contributed by atoms with van der Waals surface area (Å²) in [5.74, 6) is 0.468.